The number of hydrogen-bond donors (Lipinski definition) is 1. The Morgan fingerprint density at radius 3 is 2.09 bits per heavy atom. The molecule has 2 bridgehead atoms. The Morgan fingerprint density at radius 2 is 1.55 bits per heavy atom. The Labute approximate surface area is 133 Å². The number of alkyl halides is 1. The normalized spacial score (nSPS) is 63.6. The fourth-order valence-electron chi connectivity index (χ4n) is 8.54. The van der Waals surface area contributed by atoms with E-state index in [1.165, 1.54) is 4.57 Å². The molecule has 7 heteroatoms. The molecule has 10 atom stereocenters. The molecule has 1 N–H and O–H groups in total. The van der Waals surface area contributed by atoms with E-state index in [2.05, 4.69) is 15.9 Å². The Hall–Kier alpha value is -0.820. The third kappa shape index (κ3) is 0.658. The van der Waals surface area contributed by atoms with Crippen LogP contribution in [-0.4, -0.2) is 30.0 Å². The third-order valence-electron chi connectivity index (χ3n) is 8.72. The lowest BCUT2D eigenvalue weighted by Gasteiger charge is -3.02. The van der Waals surface area contributed by atoms with Gasteiger partial charge in [-0.1, -0.05) is 15.9 Å². The first-order chi connectivity index (χ1) is 10.5. The minimum Gasteiger partial charge on any atom is -0.392 e. The van der Waals surface area contributed by atoms with Gasteiger partial charge in [0.1, 0.15) is 0 Å². The minimum atomic E-state index is -0.326. The zero-order valence-corrected chi connectivity index (χ0v) is 13.6. The van der Waals surface area contributed by atoms with Gasteiger partial charge in [0.05, 0.1) is 18.2 Å². The SMILES string of the molecule is Cn1c(=O)n2n(c1=O)[C@@H]1[C@H]3[C@@H]4[C@@H]5[C@H]3[C@]13C[C@@H](O)[C@H](Br)C[C@@]53[C@@H]42. The molecule has 0 radical (unpaired) electrons. The Bertz CT molecular complexity index is 845. The number of halogens is 1. The van der Waals surface area contributed by atoms with Gasteiger partial charge in [-0.3, -0.25) is 0 Å². The van der Waals surface area contributed by atoms with Crippen molar-refractivity contribution in [1.29, 1.82) is 0 Å². The van der Waals surface area contributed by atoms with E-state index >= 15 is 0 Å². The molecular weight excluding hydrogens is 350 g/mol. The van der Waals surface area contributed by atoms with Crippen molar-refractivity contribution in [1.82, 2.24) is 13.9 Å². The largest absolute Gasteiger partial charge is 0.392 e. The number of hydrogen-bond acceptors (Lipinski definition) is 3. The molecule has 2 spiro atoms. The summed E-state index contributed by atoms with van der Waals surface area (Å²) < 4.78 is 4.85. The van der Waals surface area contributed by atoms with E-state index in [0.717, 1.165) is 18.8 Å². The second kappa shape index (κ2) is 2.73. The number of nitrogens with zero attached hydrogens (tertiary/aromatic N) is 3. The molecule has 5 saturated carbocycles. The molecule has 5 aliphatic carbocycles. The first-order valence-corrected chi connectivity index (χ1v) is 9.12. The molecule has 7 aliphatic rings. The smallest absolute Gasteiger partial charge is 0.347 e. The lowest BCUT2D eigenvalue weighted by Crippen LogP contribution is -3.01. The standard InChI is InChI=1S/C15H16BrN3O3/c1-17-12(21)18-10-6-7-9-8(6)14(10)2-4(16)5(20)3-15(9,14)11(7)19(18)13(17)22/h4-11,20H,2-3H2,1H3/t4-,5-,6-,7+,8-,9+,10-,11-,14+,15-/m1/s1. The molecule has 3 heterocycles. The quantitative estimate of drug-likeness (QED) is 0.650. The van der Waals surface area contributed by atoms with Crippen molar-refractivity contribution < 1.29 is 5.11 Å². The van der Waals surface area contributed by atoms with E-state index in [9.17, 15) is 14.7 Å². The van der Waals surface area contributed by atoms with Crippen LogP contribution in [0.1, 0.15) is 24.9 Å². The van der Waals surface area contributed by atoms with Crippen molar-refractivity contribution in [2.45, 2.75) is 35.9 Å². The summed E-state index contributed by atoms with van der Waals surface area (Å²) in [4.78, 5) is 25.3. The van der Waals surface area contributed by atoms with Crippen LogP contribution in [-0.2, 0) is 7.05 Å². The van der Waals surface area contributed by atoms with Crippen LogP contribution in [0.4, 0.5) is 0 Å². The third-order valence-corrected chi connectivity index (χ3v) is 9.66. The Kier molecular flexibility index (Phi) is 1.45. The molecule has 0 saturated heterocycles. The fraction of sp³-hybridized carbons (Fsp3) is 0.867. The van der Waals surface area contributed by atoms with Crippen LogP contribution in [0.3, 0.4) is 0 Å². The van der Waals surface area contributed by atoms with Gasteiger partial charge >= 0.3 is 11.4 Å². The summed E-state index contributed by atoms with van der Waals surface area (Å²) in [5.41, 5.74) is -0.0336. The van der Waals surface area contributed by atoms with Crippen LogP contribution in [0, 0.1) is 34.5 Å². The molecule has 2 aliphatic heterocycles. The monoisotopic (exact) mass is 365 g/mol. The first kappa shape index (κ1) is 11.7. The maximum atomic E-state index is 12.6. The molecule has 0 amide bonds. The molecule has 116 valence electrons. The lowest BCUT2D eigenvalue weighted by atomic mass is 9.04. The lowest BCUT2D eigenvalue weighted by molar-refractivity contribution is -0.562. The summed E-state index contributed by atoms with van der Waals surface area (Å²) in [5, 5.41) is 10.4. The molecule has 0 unspecified atom stereocenters. The molecule has 22 heavy (non-hydrogen) atoms. The van der Waals surface area contributed by atoms with Crippen molar-refractivity contribution in [3.05, 3.63) is 21.0 Å². The predicted octanol–water partition coefficient (Wildman–Crippen LogP) is -0.146. The second-order valence-electron chi connectivity index (χ2n) is 8.48. The molecule has 1 aromatic heterocycles. The summed E-state index contributed by atoms with van der Waals surface area (Å²) in [6, 6.07) is 0.361. The van der Waals surface area contributed by atoms with E-state index in [1.54, 1.807) is 16.4 Å². The zero-order valence-electron chi connectivity index (χ0n) is 12.0. The first-order valence-electron chi connectivity index (χ1n) is 8.20. The molecule has 8 rings (SSSR count). The number of aromatic nitrogens is 3. The van der Waals surface area contributed by atoms with Gasteiger partial charge in [0.2, 0.25) is 0 Å². The van der Waals surface area contributed by atoms with E-state index in [-0.39, 0.29) is 45.2 Å². The van der Waals surface area contributed by atoms with Crippen LogP contribution in [0.25, 0.3) is 0 Å². The Balaban J connectivity index is 1.58. The van der Waals surface area contributed by atoms with Gasteiger partial charge in [0, 0.05) is 22.7 Å². The highest BCUT2D eigenvalue weighted by Crippen LogP contribution is 3.04. The maximum Gasteiger partial charge on any atom is 0.347 e. The van der Waals surface area contributed by atoms with Gasteiger partial charge in [-0.05, 0) is 36.5 Å². The van der Waals surface area contributed by atoms with Gasteiger partial charge < -0.3 is 5.11 Å². The highest BCUT2D eigenvalue weighted by molar-refractivity contribution is 9.09. The van der Waals surface area contributed by atoms with Crippen molar-refractivity contribution in [3.8, 4) is 0 Å². The number of rotatable bonds is 0. The highest BCUT2D eigenvalue weighted by Gasteiger charge is 3.03. The van der Waals surface area contributed by atoms with Crippen molar-refractivity contribution in [3.63, 3.8) is 0 Å². The topological polar surface area (TPSA) is 69.2 Å². The Morgan fingerprint density at radius 1 is 1.05 bits per heavy atom. The van der Waals surface area contributed by atoms with Gasteiger partial charge in [-0.25, -0.2) is 23.5 Å². The zero-order chi connectivity index (χ0) is 14.9. The van der Waals surface area contributed by atoms with E-state index < -0.39 is 0 Å². The number of aliphatic hydroxyl groups is 1. The van der Waals surface area contributed by atoms with Gasteiger partial charge in [0.15, 0.2) is 0 Å². The molecule has 5 fully saturated rings. The van der Waals surface area contributed by atoms with Crippen LogP contribution < -0.4 is 11.4 Å². The van der Waals surface area contributed by atoms with Crippen molar-refractivity contribution in [2.24, 2.45) is 41.5 Å². The van der Waals surface area contributed by atoms with Crippen molar-refractivity contribution >= 4 is 15.9 Å². The summed E-state index contributed by atoms with van der Waals surface area (Å²) in [6.07, 6.45) is 1.42. The second-order valence-corrected chi connectivity index (χ2v) is 9.66. The van der Waals surface area contributed by atoms with E-state index in [1.807, 2.05) is 0 Å². The van der Waals surface area contributed by atoms with Crippen LogP contribution in [0.2, 0.25) is 0 Å². The summed E-state index contributed by atoms with van der Waals surface area (Å²) in [6.45, 7) is 0. The average Bonchev–Trinajstić information content (AvgIpc) is 2.65. The fourth-order valence-corrected chi connectivity index (χ4v) is 9.26. The van der Waals surface area contributed by atoms with Crippen LogP contribution >= 0.6 is 15.9 Å². The van der Waals surface area contributed by atoms with Gasteiger partial charge in [0.25, 0.3) is 0 Å². The summed E-state index contributed by atoms with van der Waals surface area (Å²) >= 11 is 3.67. The van der Waals surface area contributed by atoms with Gasteiger partial charge in [-0.2, -0.15) is 0 Å². The maximum absolute atomic E-state index is 12.6. The van der Waals surface area contributed by atoms with Crippen LogP contribution in [0.5, 0.6) is 0 Å². The number of aliphatic hydroxyl groups excluding tert-OH is 1. The van der Waals surface area contributed by atoms with E-state index in [0.29, 0.717) is 17.8 Å². The molecule has 1 aromatic rings. The average molecular weight is 366 g/mol. The van der Waals surface area contributed by atoms with Gasteiger partial charge in [-0.15, -0.1) is 0 Å². The summed E-state index contributed by atoms with van der Waals surface area (Å²) in [5.74, 6) is 2.67. The van der Waals surface area contributed by atoms with Crippen LogP contribution in [0.15, 0.2) is 9.59 Å². The molecule has 6 nitrogen and oxygen atoms in total. The molecule has 0 aromatic carbocycles. The molecular formula is C15H16BrN3O3. The minimum absolute atomic E-state index is 0.100. The van der Waals surface area contributed by atoms with Crippen molar-refractivity contribution in [2.75, 3.05) is 0 Å². The highest BCUT2D eigenvalue weighted by atomic mass is 79.9. The summed E-state index contributed by atoms with van der Waals surface area (Å²) in [7, 11) is 1.59. The van der Waals surface area contributed by atoms with E-state index in [4.69, 9.17) is 0 Å². The predicted molar refractivity (Wildman–Crippen MR) is 78.8 cm³/mol.